The van der Waals surface area contributed by atoms with Crippen LogP contribution in [0.3, 0.4) is 0 Å². The maximum atomic E-state index is 13.5. The van der Waals surface area contributed by atoms with E-state index in [4.69, 9.17) is 9.84 Å². The Morgan fingerprint density at radius 2 is 1.87 bits per heavy atom. The molecule has 8 heteroatoms. The number of carbonyl (C=O) groups is 1. The molecule has 1 amide bonds. The highest BCUT2D eigenvalue weighted by molar-refractivity contribution is 5.86. The normalized spacial score (nSPS) is 14.4. The highest BCUT2D eigenvalue weighted by Gasteiger charge is 2.21. The van der Waals surface area contributed by atoms with Gasteiger partial charge in [-0.05, 0) is 68.1 Å². The first-order valence-electron chi connectivity index (χ1n) is 9.68. The predicted molar refractivity (Wildman–Crippen MR) is 107 cm³/mol. The largest absolute Gasteiger partial charge is 0.446 e. The molecule has 1 saturated carbocycles. The third-order valence-corrected chi connectivity index (χ3v) is 4.67. The number of aromatic amines is 1. The molecular formula is C22H23F3N2O3. The van der Waals surface area contributed by atoms with E-state index in [-0.39, 0.29) is 24.0 Å². The van der Waals surface area contributed by atoms with E-state index < -0.39 is 23.8 Å². The first kappa shape index (κ1) is 21.7. The summed E-state index contributed by atoms with van der Waals surface area (Å²) in [7, 11) is 0. The zero-order valence-electron chi connectivity index (χ0n) is 16.4. The molecule has 3 aromatic rings. The fourth-order valence-electron chi connectivity index (χ4n) is 2.86. The lowest BCUT2D eigenvalue weighted by molar-refractivity contribution is 0.0499. The average molecular weight is 420 g/mol. The van der Waals surface area contributed by atoms with Gasteiger partial charge in [0, 0.05) is 23.7 Å². The first-order chi connectivity index (χ1) is 14.3. The van der Waals surface area contributed by atoms with E-state index in [9.17, 15) is 18.0 Å². The third-order valence-electron chi connectivity index (χ3n) is 4.67. The van der Waals surface area contributed by atoms with E-state index in [0.29, 0.717) is 16.6 Å². The van der Waals surface area contributed by atoms with Crippen molar-refractivity contribution >= 4 is 17.0 Å². The second-order valence-electron chi connectivity index (χ2n) is 7.23. The number of rotatable bonds is 4. The van der Waals surface area contributed by atoms with Gasteiger partial charge in [-0.3, -0.25) is 0 Å². The number of nitrogens with one attached hydrogen (secondary N) is 2. The van der Waals surface area contributed by atoms with Crippen LogP contribution in [-0.2, 0) is 4.74 Å². The molecule has 0 radical (unpaired) electrons. The molecule has 4 rings (SSSR count). The van der Waals surface area contributed by atoms with Crippen LogP contribution in [0.15, 0.2) is 42.5 Å². The Morgan fingerprint density at radius 1 is 1.17 bits per heavy atom. The fraction of sp³-hybridized carbons (Fsp3) is 0.318. The number of hydrogen-bond acceptors (Lipinski definition) is 3. The van der Waals surface area contributed by atoms with Gasteiger partial charge < -0.3 is 20.1 Å². The average Bonchev–Trinajstić information content (AvgIpc) is 3.08. The quantitative estimate of drug-likeness (QED) is 0.562. The Balaban J connectivity index is 0.000000187. The summed E-state index contributed by atoms with van der Waals surface area (Å²) in [6.45, 7) is 1.87. The molecule has 0 bridgehead atoms. The molecule has 5 nitrogen and oxygen atoms in total. The standard InChI is InChI=1S/C14H8F3N.C8H15NO3/c15-10-3-1-8(2-4-10)13-6-9-5-11(16)7-12(17)14(9)18-13;1-6(10)5-9-8(11)12-7-3-2-4-7/h1-7,18H;6-7,10H,2-5H2,1H3,(H,9,11). The van der Waals surface area contributed by atoms with Crippen molar-refractivity contribution in [2.24, 2.45) is 0 Å². The summed E-state index contributed by atoms with van der Waals surface area (Å²) >= 11 is 0. The molecule has 1 fully saturated rings. The van der Waals surface area contributed by atoms with Gasteiger partial charge in [-0.25, -0.2) is 18.0 Å². The second-order valence-corrected chi connectivity index (χ2v) is 7.23. The summed E-state index contributed by atoms with van der Waals surface area (Å²) in [6, 6.07) is 9.50. The van der Waals surface area contributed by atoms with Crippen LogP contribution in [0.5, 0.6) is 0 Å². The zero-order chi connectivity index (χ0) is 21.7. The highest BCUT2D eigenvalue weighted by atomic mass is 19.1. The van der Waals surface area contributed by atoms with Crippen molar-refractivity contribution < 1.29 is 27.8 Å². The van der Waals surface area contributed by atoms with E-state index in [2.05, 4.69) is 10.3 Å². The van der Waals surface area contributed by atoms with E-state index in [1.807, 2.05) is 0 Å². The minimum atomic E-state index is -0.640. The van der Waals surface area contributed by atoms with Gasteiger partial charge >= 0.3 is 6.09 Å². The van der Waals surface area contributed by atoms with E-state index in [0.717, 1.165) is 25.3 Å². The van der Waals surface area contributed by atoms with Gasteiger partial charge in [-0.2, -0.15) is 0 Å². The second kappa shape index (κ2) is 9.67. The van der Waals surface area contributed by atoms with Crippen molar-refractivity contribution in [2.45, 2.75) is 38.4 Å². The monoisotopic (exact) mass is 420 g/mol. The number of fused-ring (bicyclic) bond motifs is 1. The molecule has 1 aliphatic carbocycles. The summed E-state index contributed by atoms with van der Waals surface area (Å²) in [5.74, 6) is -1.60. The molecular weight excluding hydrogens is 397 g/mol. The number of carbonyl (C=O) groups excluding carboxylic acids is 1. The highest BCUT2D eigenvalue weighted by Crippen LogP contribution is 2.26. The number of ether oxygens (including phenoxy) is 1. The molecule has 0 spiro atoms. The minimum absolute atomic E-state index is 0.110. The maximum absolute atomic E-state index is 13.5. The molecule has 1 unspecified atom stereocenters. The van der Waals surface area contributed by atoms with Crippen LogP contribution >= 0.6 is 0 Å². The summed E-state index contributed by atoms with van der Waals surface area (Å²) in [5.41, 5.74) is 1.58. The van der Waals surface area contributed by atoms with E-state index in [1.54, 1.807) is 25.1 Å². The van der Waals surface area contributed by atoms with Gasteiger partial charge in [0.05, 0.1) is 11.6 Å². The Labute approximate surface area is 171 Å². The van der Waals surface area contributed by atoms with Crippen molar-refractivity contribution in [1.82, 2.24) is 10.3 Å². The smallest absolute Gasteiger partial charge is 0.407 e. The maximum Gasteiger partial charge on any atom is 0.407 e. The SMILES string of the molecule is CC(O)CNC(=O)OC1CCC1.Fc1ccc(-c2cc3cc(F)cc(F)c3[nH]2)cc1. The number of alkyl carbamates (subject to hydrolysis) is 1. The topological polar surface area (TPSA) is 74.3 Å². The number of halogens is 3. The molecule has 160 valence electrons. The van der Waals surface area contributed by atoms with Crippen molar-refractivity contribution in [3.8, 4) is 11.3 Å². The van der Waals surface area contributed by atoms with Crippen molar-refractivity contribution in [3.63, 3.8) is 0 Å². The number of aromatic nitrogens is 1. The van der Waals surface area contributed by atoms with Crippen LogP contribution in [0.4, 0.5) is 18.0 Å². The number of aliphatic hydroxyl groups is 1. The summed E-state index contributed by atoms with van der Waals surface area (Å²) in [6.07, 6.45) is 2.27. The molecule has 30 heavy (non-hydrogen) atoms. The van der Waals surface area contributed by atoms with Crippen molar-refractivity contribution in [3.05, 3.63) is 59.9 Å². The molecule has 0 saturated heterocycles. The Hall–Kier alpha value is -3.00. The van der Waals surface area contributed by atoms with Gasteiger partial charge in [0.15, 0.2) is 0 Å². The lowest BCUT2D eigenvalue weighted by Gasteiger charge is -2.25. The molecule has 2 aromatic carbocycles. The lowest BCUT2D eigenvalue weighted by Crippen LogP contribution is -2.35. The fourth-order valence-corrected chi connectivity index (χ4v) is 2.86. The molecule has 3 N–H and O–H groups in total. The van der Waals surface area contributed by atoms with Gasteiger partial charge in [0.25, 0.3) is 0 Å². The molecule has 0 aliphatic heterocycles. The van der Waals surface area contributed by atoms with Crippen LogP contribution in [0.2, 0.25) is 0 Å². The van der Waals surface area contributed by atoms with Crippen LogP contribution < -0.4 is 5.32 Å². The lowest BCUT2D eigenvalue weighted by atomic mass is 9.96. The third kappa shape index (κ3) is 5.76. The Bertz CT molecular complexity index is 999. The number of aliphatic hydroxyl groups excluding tert-OH is 1. The summed E-state index contributed by atoms with van der Waals surface area (Å²) in [5, 5.41) is 11.8. The molecule has 1 aromatic heterocycles. The van der Waals surface area contributed by atoms with Gasteiger partial charge in [-0.15, -0.1) is 0 Å². The van der Waals surface area contributed by atoms with Crippen molar-refractivity contribution in [2.75, 3.05) is 6.54 Å². The number of hydrogen-bond donors (Lipinski definition) is 3. The number of amides is 1. The van der Waals surface area contributed by atoms with Crippen LogP contribution in [0, 0.1) is 17.5 Å². The zero-order valence-corrected chi connectivity index (χ0v) is 16.4. The van der Waals surface area contributed by atoms with Gasteiger partial charge in [0.2, 0.25) is 0 Å². The summed E-state index contributed by atoms with van der Waals surface area (Å²) < 4.78 is 44.3. The van der Waals surface area contributed by atoms with E-state index >= 15 is 0 Å². The van der Waals surface area contributed by atoms with Gasteiger partial charge in [-0.1, -0.05) is 0 Å². The Kier molecular flexibility index (Phi) is 6.99. The minimum Gasteiger partial charge on any atom is -0.446 e. The molecule has 1 atom stereocenters. The number of H-pyrrole nitrogens is 1. The first-order valence-corrected chi connectivity index (χ1v) is 9.68. The van der Waals surface area contributed by atoms with E-state index in [1.165, 1.54) is 18.2 Å². The van der Waals surface area contributed by atoms with Crippen LogP contribution in [0.25, 0.3) is 22.2 Å². The molecule has 1 heterocycles. The van der Waals surface area contributed by atoms with Crippen molar-refractivity contribution in [1.29, 1.82) is 0 Å². The Morgan fingerprint density at radius 3 is 2.47 bits per heavy atom. The molecule has 1 aliphatic rings. The van der Waals surface area contributed by atoms with Crippen LogP contribution in [0.1, 0.15) is 26.2 Å². The predicted octanol–water partition coefficient (Wildman–Crippen LogP) is 4.90. The van der Waals surface area contributed by atoms with Gasteiger partial charge in [0.1, 0.15) is 23.6 Å². The van der Waals surface area contributed by atoms with Crippen LogP contribution in [-0.4, -0.2) is 34.9 Å². The number of benzene rings is 2. The summed E-state index contributed by atoms with van der Waals surface area (Å²) in [4.78, 5) is 13.8.